The smallest absolute Gasteiger partial charge is 0.303 e. The molecule has 0 atom stereocenters. The lowest BCUT2D eigenvalue weighted by atomic mass is 10.1. The third-order valence-electron chi connectivity index (χ3n) is 2.49. The van der Waals surface area contributed by atoms with Crippen LogP contribution in [-0.4, -0.2) is 16.2 Å². The zero-order chi connectivity index (χ0) is 13.4. The molecule has 0 aliphatic rings. The first-order chi connectivity index (χ1) is 8.18. The highest BCUT2D eigenvalue weighted by Crippen LogP contribution is 2.10. The number of hydrogen-bond donors (Lipinski definition) is 2. The minimum Gasteiger partial charge on any atom is -0.516 e. The number of hydrogen-bond acceptors (Lipinski definition) is 2. The van der Waals surface area contributed by atoms with E-state index in [-0.39, 0.29) is 0 Å². The minimum absolute atomic E-state index is 0.343. The Hall–Kier alpha value is -0.990. The summed E-state index contributed by atoms with van der Waals surface area (Å²) in [6, 6.07) is 0. The molecule has 17 heavy (non-hydrogen) atoms. The van der Waals surface area contributed by atoms with E-state index in [1.165, 1.54) is 44.9 Å². The number of carbonyl (C=O) groups is 1. The maximum Gasteiger partial charge on any atom is 0.303 e. The Labute approximate surface area is 106 Å². The van der Waals surface area contributed by atoms with Crippen molar-refractivity contribution in [1.82, 2.24) is 0 Å². The summed E-state index contributed by atoms with van der Waals surface area (Å²) in [4.78, 5) is 10.2. The van der Waals surface area contributed by atoms with Crippen molar-refractivity contribution in [2.24, 2.45) is 0 Å². The lowest BCUT2D eigenvalue weighted by molar-refractivity contribution is -0.137. The molecule has 0 aliphatic heterocycles. The van der Waals surface area contributed by atoms with Gasteiger partial charge in [0.05, 0.1) is 6.26 Å². The molecule has 3 nitrogen and oxygen atoms in total. The third kappa shape index (κ3) is 25.4. The van der Waals surface area contributed by atoms with Gasteiger partial charge in [0.1, 0.15) is 0 Å². The zero-order valence-electron chi connectivity index (χ0n) is 11.2. The molecule has 102 valence electrons. The topological polar surface area (TPSA) is 57.5 Å². The van der Waals surface area contributed by atoms with Gasteiger partial charge in [-0.1, -0.05) is 64.9 Å². The highest BCUT2D eigenvalue weighted by Gasteiger charge is 1.96. The van der Waals surface area contributed by atoms with E-state index in [4.69, 9.17) is 10.2 Å². The van der Waals surface area contributed by atoms with Crippen molar-refractivity contribution < 1.29 is 15.0 Å². The van der Waals surface area contributed by atoms with Gasteiger partial charge in [-0.05, 0) is 6.42 Å². The molecule has 0 bridgehead atoms. The summed E-state index contributed by atoms with van der Waals surface area (Å²) in [5.41, 5.74) is 0. The van der Waals surface area contributed by atoms with Crippen LogP contribution in [0.5, 0.6) is 0 Å². The fourth-order valence-corrected chi connectivity index (χ4v) is 1.59. The van der Waals surface area contributed by atoms with Crippen molar-refractivity contribution in [3.63, 3.8) is 0 Å². The molecule has 3 heteroatoms. The van der Waals surface area contributed by atoms with Crippen LogP contribution in [0.3, 0.4) is 0 Å². The van der Waals surface area contributed by atoms with Gasteiger partial charge in [0, 0.05) is 6.42 Å². The molecule has 0 aromatic rings. The Balaban J connectivity index is 0. The Morgan fingerprint density at radius 2 is 1.35 bits per heavy atom. The zero-order valence-corrected chi connectivity index (χ0v) is 11.2. The highest BCUT2D eigenvalue weighted by atomic mass is 16.4. The standard InChI is InChI=1S/C12H24O2.C2H4O/c1-2-3-4-5-6-7-8-9-10-11-12(13)14;1-2-3/h2-11H2,1H3,(H,13,14);2-3H,1H2. The number of aliphatic hydroxyl groups excluding tert-OH is 1. The molecule has 0 amide bonds. The van der Waals surface area contributed by atoms with Crippen LogP contribution < -0.4 is 0 Å². The summed E-state index contributed by atoms with van der Waals surface area (Å²) in [7, 11) is 0. The first kappa shape index (κ1) is 18.4. The van der Waals surface area contributed by atoms with E-state index >= 15 is 0 Å². The predicted molar refractivity (Wildman–Crippen MR) is 72.3 cm³/mol. The highest BCUT2D eigenvalue weighted by molar-refractivity contribution is 5.66. The van der Waals surface area contributed by atoms with Gasteiger partial charge in [-0.15, -0.1) is 0 Å². The molecule has 2 N–H and O–H groups in total. The lowest BCUT2D eigenvalue weighted by Gasteiger charge is -2.00. The van der Waals surface area contributed by atoms with Crippen LogP contribution in [0, 0.1) is 0 Å². The van der Waals surface area contributed by atoms with Crippen molar-refractivity contribution in [2.75, 3.05) is 0 Å². The van der Waals surface area contributed by atoms with E-state index in [0.717, 1.165) is 19.1 Å². The second-order valence-electron chi connectivity index (χ2n) is 4.15. The summed E-state index contributed by atoms with van der Waals surface area (Å²) < 4.78 is 0. The Morgan fingerprint density at radius 1 is 1.00 bits per heavy atom. The van der Waals surface area contributed by atoms with E-state index in [9.17, 15) is 4.79 Å². The molecule has 0 rings (SSSR count). The maximum atomic E-state index is 10.2. The van der Waals surface area contributed by atoms with Crippen LogP contribution in [0.2, 0.25) is 0 Å². The fourth-order valence-electron chi connectivity index (χ4n) is 1.59. The number of carboxylic acids is 1. The number of rotatable bonds is 10. The molecule has 0 aromatic carbocycles. The van der Waals surface area contributed by atoms with E-state index in [0.29, 0.717) is 6.42 Å². The van der Waals surface area contributed by atoms with Gasteiger partial charge in [-0.3, -0.25) is 4.79 Å². The lowest BCUT2D eigenvalue weighted by Crippen LogP contribution is -1.93. The van der Waals surface area contributed by atoms with Crippen molar-refractivity contribution in [3.8, 4) is 0 Å². The molecule has 0 heterocycles. The Morgan fingerprint density at radius 3 is 1.71 bits per heavy atom. The van der Waals surface area contributed by atoms with E-state index in [1.54, 1.807) is 0 Å². The van der Waals surface area contributed by atoms with Crippen molar-refractivity contribution in [3.05, 3.63) is 12.8 Å². The van der Waals surface area contributed by atoms with Crippen molar-refractivity contribution in [1.29, 1.82) is 0 Å². The van der Waals surface area contributed by atoms with Gasteiger partial charge >= 0.3 is 5.97 Å². The number of aliphatic hydroxyl groups is 1. The molecule has 0 aromatic heterocycles. The van der Waals surface area contributed by atoms with E-state index < -0.39 is 5.97 Å². The van der Waals surface area contributed by atoms with Crippen molar-refractivity contribution >= 4 is 5.97 Å². The van der Waals surface area contributed by atoms with Gasteiger partial charge < -0.3 is 10.2 Å². The average molecular weight is 244 g/mol. The molecule has 0 saturated heterocycles. The summed E-state index contributed by atoms with van der Waals surface area (Å²) in [6.07, 6.45) is 12.2. The largest absolute Gasteiger partial charge is 0.516 e. The van der Waals surface area contributed by atoms with Crippen LogP contribution in [-0.2, 0) is 4.79 Å². The molecule has 0 saturated carbocycles. The molecule has 0 aliphatic carbocycles. The SMILES string of the molecule is C=CO.CCCCCCCCCCCC(=O)O. The van der Waals surface area contributed by atoms with Gasteiger partial charge in [-0.2, -0.15) is 0 Å². The Bertz CT molecular complexity index is 167. The molecule has 0 radical (unpaired) electrons. The summed E-state index contributed by atoms with van der Waals surface area (Å²) in [5, 5.41) is 15.7. The van der Waals surface area contributed by atoms with Crippen LogP contribution in [0.1, 0.15) is 71.1 Å². The van der Waals surface area contributed by atoms with Gasteiger partial charge in [0.2, 0.25) is 0 Å². The maximum absolute atomic E-state index is 10.2. The first-order valence-electron chi connectivity index (χ1n) is 6.65. The van der Waals surface area contributed by atoms with Gasteiger partial charge in [0.15, 0.2) is 0 Å². The monoisotopic (exact) mass is 244 g/mol. The van der Waals surface area contributed by atoms with E-state index in [1.807, 2.05) is 0 Å². The minimum atomic E-state index is -0.659. The second-order valence-corrected chi connectivity index (χ2v) is 4.15. The average Bonchev–Trinajstić information content (AvgIpc) is 2.27. The van der Waals surface area contributed by atoms with Crippen LogP contribution in [0.25, 0.3) is 0 Å². The van der Waals surface area contributed by atoms with Crippen LogP contribution in [0.15, 0.2) is 12.8 Å². The summed E-state index contributed by atoms with van der Waals surface area (Å²) in [5.74, 6) is -0.659. The molecular formula is C14H28O3. The van der Waals surface area contributed by atoms with E-state index in [2.05, 4.69) is 13.5 Å². The van der Waals surface area contributed by atoms with Gasteiger partial charge in [0.25, 0.3) is 0 Å². The van der Waals surface area contributed by atoms with Crippen molar-refractivity contribution in [2.45, 2.75) is 71.1 Å². The Kier molecular flexibility index (Phi) is 18.8. The van der Waals surface area contributed by atoms with Crippen LogP contribution in [0.4, 0.5) is 0 Å². The number of aliphatic carboxylic acids is 1. The summed E-state index contributed by atoms with van der Waals surface area (Å²) in [6.45, 7) is 5.14. The molecule has 0 fully saturated rings. The number of unbranched alkanes of at least 4 members (excludes halogenated alkanes) is 8. The second kappa shape index (κ2) is 17.4. The summed E-state index contributed by atoms with van der Waals surface area (Å²) >= 11 is 0. The number of carboxylic acid groups (broad SMARTS) is 1. The molecule has 0 spiro atoms. The normalized spacial score (nSPS) is 9.24. The first-order valence-corrected chi connectivity index (χ1v) is 6.65. The predicted octanol–water partition coefficient (Wildman–Crippen LogP) is 4.68. The van der Waals surface area contributed by atoms with Crippen LogP contribution >= 0.6 is 0 Å². The quantitative estimate of drug-likeness (QED) is 0.433. The third-order valence-corrected chi connectivity index (χ3v) is 2.49. The molecule has 0 unspecified atom stereocenters. The molecular weight excluding hydrogens is 216 g/mol. The van der Waals surface area contributed by atoms with Gasteiger partial charge in [-0.25, -0.2) is 0 Å². The fraction of sp³-hybridized carbons (Fsp3) is 0.786.